The third kappa shape index (κ3) is 6.56. The number of likely N-dealkylation sites (N-methyl/N-ethyl adjacent to an activating group) is 1. The zero-order valence-electron chi connectivity index (χ0n) is 9.83. The van der Waals surface area contributed by atoms with Crippen molar-refractivity contribution >= 4 is 29.3 Å². The molecular weight excluding hydrogens is 256 g/mol. The number of nitrogens with one attached hydrogen (secondary N) is 2. The maximum atomic E-state index is 11.4. The highest BCUT2D eigenvalue weighted by Gasteiger charge is 2.01. The van der Waals surface area contributed by atoms with Crippen LogP contribution < -0.4 is 10.6 Å². The number of benzene rings is 1. The van der Waals surface area contributed by atoms with Gasteiger partial charge in [0, 0.05) is 35.2 Å². The molecule has 17 heavy (non-hydrogen) atoms. The van der Waals surface area contributed by atoms with Crippen molar-refractivity contribution in [2.24, 2.45) is 0 Å². The fourth-order valence-corrected chi connectivity index (χ4v) is 2.19. The minimum atomic E-state index is 0.0988. The minimum Gasteiger partial charge on any atom is -0.355 e. The summed E-state index contributed by atoms with van der Waals surface area (Å²) in [6.07, 6.45) is 0.539. The van der Waals surface area contributed by atoms with Crippen molar-refractivity contribution in [2.75, 3.05) is 25.9 Å². The predicted molar refractivity (Wildman–Crippen MR) is 73.7 cm³/mol. The molecule has 1 amide bonds. The molecule has 0 unspecified atom stereocenters. The van der Waals surface area contributed by atoms with Crippen LogP contribution in [0.3, 0.4) is 0 Å². The highest BCUT2D eigenvalue weighted by Crippen LogP contribution is 2.20. The van der Waals surface area contributed by atoms with Crippen molar-refractivity contribution in [1.82, 2.24) is 10.6 Å². The number of carbonyl (C=O) groups excluding carboxylic acids is 1. The Morgan fingerprint density at radius 3 is 2.65 bits per heavy atom. The molecule has 0 aliphatic carbocycles. The Morgan fingerprint density at radius 1 is 1.29 bits per heavy atom. The van der Waals surface area contributed by atoms with Gasteiger partial charge in [0.1, 0.15) is 0 Å². The molecule has 0 fully saturated rings. The zero-order valence-corrected chi connectivity index (χ0v) is 11.4. The number of thioether (sulfide) groups is 1. The van der Waals surface area contributed by atoms with Crippen molar-refractivity contribution in [2.45, 2.75) is 11.3 Å². The first kappa shape index (κ1) is 14.4. The van der Waals surface area contributed by atoms with E-state index in [9.17, 15) is 4.79 Å². The van der Waals surface area contributed by atoms with E-state index in [-0.39, 0.29) is 5.91 Å². The molecule has 1 rings (SSSR count). The van der Waals surface area contributed by atoms with E-state index in [2.05, 4.69) is 10.6 Å². The molecule has 0 aromatic heterocycles. The van der Waals surface area contributed by atoms with Gasteiger partial charge in [0.2, 0.25) is 5.91 Å². The Bertz CT molecular complexity index is 343. The van der Waals surface area contributed by atoms with Gasteiger partial charge < -0.3 is 10.6 Å². The summed E-state index contributed by atoms with van der Waals surface area (Å²) in [5, 5.41) is 6.56. The second kappa shape index (κ2) is 8.39. The number of halogens is 1. The van der Waals surface area contributed by atoms with Gasteiger partial charge in [-0.1, -0.05) is 11.6 Å². The lowest BCUT2D eigenvalue weighted by molar-refractivity contribution is -0.120. The molecule has 94 valence electrons. The largest absolute Gasteiger partial charge is 0.355 e. The average molecular weight is 273 g/mol. The quantitative estimate of drug-likeness (QED) is 0.590. The summed E-state index contributed by atoms with van der Waals surface area (Å²) in [4.78, 5) is 12.5. The molecule has 0 heterocycles. The van der Waals surface area contributed by atoms with E-state index in [4.69, 9.17) is 11.6 Å². The van der Waals surface area contributed by atoms with Gasteiger partial charge >= 0.3 is 0 Å². The van der Waals surface area contributed by atoms with Crippen LogP contribution >= 0.6 is 23.4 Å². The summed E-state index contributed by atoms with van der Waals surface area (Å²) in [7, 11) is 1.86. The van der Waals surface area contributed by atoms with Gasteiger partial charge in [-0.05, 0) is 31.3 Å². The maximum absolute atomic E-state index is 11.4. The molecule has 0 bridgehead atoms. The number of amides is 1. The second-order valence-electron chi connectivity index (χ2n) is 3.51. The fraction of sp³-hybridized carbons (Fsp3) is 0.417. The molecule has 0 radical (unpaired) electrons. The molecule has 3 nitrogen and oxygen atoms in total. The van der Waals surface area contributed by atoms with Gasteiger partial charge in [-0.15, -0.1) is 11.8 Å². The van der Waals surface area contributed by atoms with E-state index in [0.29, 0.717) is 13.0 Å². The van der Waals surface area contributed by atoms with Crippen LogP contribution in [0.15, 0.2) is 29.2 Å². The van der Waals surface area contributed by atoms with Gasteiger partial charge in [-0.25, -0.2) is 0 Å². The van der Waals surface area contributed by atoms with Crippen LogP contribution in [0, 0.1) is 0 Å². The van der Waals surface area contributed by atoms with Crippen LogP contribution in [0.5, 0.6) is 0 Å². The van der Waals surface area contributed by atoms with E-state index in [1.807, 2.05) is 31.3 Å². The van der Waals surface area contributed by atoms with E-state index >= 15 is 0 Å². The molecule has 1 aromatic carbocycles. The van der Waals surface area contributed by atoms with Crippen LogP contribution in [-0.4, -0.2) is 31.8 Å². The normalized spacial score (nSPS) is 10.2. The van der Waals surface area contributed by atoms with Crippen LogP contribution in [-0.2, 0) is 4.79 Å². The van der Waals surface area contributed by atoms with Gasteiger partial charge in [0.15, 0.2) is 0 Å². The van der Waals surface area contributed by atoms with Crippen LogP contribution in [0.25, 0.3) is 0 Å². The van der Waals surface area contributed by atoms with Gasteiger partial charge in [-0.2, -0.15) is 0 Å². The number of hydrogen-bond acceptors (Lipinski definition) is 3. The van der Waals surface area contributed by atoms with Gasteiger partial charge in [0.25, 0.3) is 0 Å². The van der Waals surface area contributed by atoms with Crippen molar-refractivity contribution < 1.29 is 4.79 Å². The molecule has 0 aliphatic heterocycles. The van der Waals surface area contributed by atoms with Crippen molar-refractivity contribution in [3.05, 3.63) is 29.3 Å². The fourth-order valence-electron chi connectivity index (χ4n) is 1.21. The van der Waals surface area contributed by atoms with Gasteiger partial charge in [-0.3, -0.25) is 4.79 Å². The summed E-state index contributed by atoms with van der Waals surface area (Å²) < 4.78 is 0. The first-order valence-electron chi connectivity index (χ1n) is 5.52. The lowest BCUT2D eigenvalue weighted by atomic mass is 10.4. The molecule has 5 heteroatoms. The smallest absolute Gasteiger partial charge is 0.220 e. The minimum absolute atomic E-state index is 0.0988. The Morgan fingerprint density at radius 2 is 2.00 bits per heavy atom. The number of rotatable bonds is 7. The molecular formula is C12H17ClN2OS. The van der Waals surface area contributed by atoms with Gasteiger partial charge in [0.05, 0.1) is 0 Å². The molecule has 0 saturated heterocycles. The molecule has 0 aliphatic rings. The maximum Gasteiger partial charge on any atom is 0.220 e. The summed E-state index contributed by atoms with van der Waals surface area (Å²) in [6, 6.07) is 7.64. The van der Waals surface area contributed by atoms with E-state index < -0.39 is 0 Å². The van der Waals surface area contributed by atoms with Crippen molar-refractivity contribution in [3.63, 3.8) is 0 Å². The molecule has 1 aromatic rings. The SMILES string of the molecule is CNCCNC(=O)CCSc1ccc(Cl)cc1. The Labute approximate surface area is 111 Å². The third-order valence-electron chi connectivity index (χ3n) is 2.11. The van der Waals surface area contributed by atoms with E-state index in [1.165, 1.54) is 0 Å². The van der Waals surface area contributed by atoms with Crippen LogP contribution in [0.1, 0.15) is 6.42 Å². The lowest BCUT2D eigenvalue weighted by Crippen LogP contribution is -2.30. The Balaban J connectivity index is 2.14. The summed E-state index contributed by atoms with van der Waals surface area (Å²) in [6.45, 7) is 1.48. The number of carbonyl (C=O) groups is 1. The summed E-state index contributed by atoms with van der Waals surface area (Å²) >= 11 is 7.45. The summed E-state index contributed by atoms with van der Waals surface area (Å²) in [5.74, 6) is 0.884. The predicted octanol–water partition coefficient (Wildman–Crippen LogP) is 2.16. The summed E-state index contributed by atoms with van der Waals surface area (Å²) in [5.41, 5.74) is 0. The standard InChI is InChI=1S/C12H17ClN2OS/c1-14-7-8-15-12(16)6-9-17-11-4-2-10(13)3-5-11/h2-5,14H,6-9H2,1H3,(H,15,16). The van der Waals surface area contributed by atoms with Crippen molar-refractivity contribution in [3.8, 4) is 0 Å². The first-order valence-corrected chi connectivity index (χ1v) is 6.88. The highest BCUT2D eigenvalue weighted by atomic mass is 35.5. The van der Waals surface area contributed by atoms with E-state index in [1.54, 1.807) is 11.8 Å². The van der Waals surface area contributed by atoms with Crippen molar-refractivity contribution in [1.29, 1.82) is 0 Å². The highest BCUT2D eigenvalue weighted by molar-refractivity contribution is 7.99. The lowest BCUT2D eigenvalue weighted by Gasteiger charge is -2.04. The number of hydrogen-bond donors (Lipinski definition) is 2. The average Bonchev–Trinajstić information content (AvgIpc) is 2.32. The molecule has 0 spiro atoms. The van der Waals surface area contributed by atoms with Crippen LogP contribution in [0.2, 0.25) is 5.02 Å². The Hall–Kier alpha value is -0.710. The monoisotopic (exact) mass is 272 g/mol. The Kier molecular flexibility index (Phi) is 7.08. The second-order valence-corrected chi connectivity index (χ2v) is 5.11. The molecule has 2 N–H and O–H groups in total. The van der Waals surface area contributed by atoms with E-state index in [0.717, 1.165) is 22.2 Å². The third-order valence-corrected chi connectivity index (χ3v) is 3.37. The first-order chi connectivity index (χ1) is 8.22. The van der Waals surface area contributed by atoms with Crippen LogP contribution in [0.4, 0.5) is 0 Å². The zero-order chi connectivity index (χ0) is 12.5. The topological polar surface area (TPSA) is 41.1 Å². The molecule has 0 saturated carbocycles. The molecule has 0 atom stereocenters.